The summed E-state index contributed by atoms with van der Waals surface area (Å²) < 4.78 is 48.5. The maximum absolute atomic E-state index is 12.9. The summed E-state index contributed by atoms with van der Waals surface area (Å²) >= 11 is 0. The lowest BCUT2D eigenvalue weighted by molar-refractivity contribution is -0.0281. The Balaban J connectivity index is 2.55. The SMILES string of the molecule is CC(C)(C)OCCOC(=O)c1cc(F)c(F)c(F)c1. The summed E-state index contributed by atoms with van der Waals surface area (Å²) in [5.41, 5.74) is -0.757. The van der Waals surface area contributed by atoms with E-state index in [1.165, 1.54) is 0 Å². The van der Waals surface area contributed by atoms with Crippen molar-refractivity contribution in [2.45, 2.75) is 26.4 Å². The number of halogens is 3. The molecule has 0 saturated heterocycles. The van der Waals surface area contributed by atoms with Crippen LogP contribution in [-0.2, 0) is 9.47 Å². The maximum Gasteiger partial charge on any atom is 0.338 e. The van der Waals surface area contributed by atoms with Gasteiger partial charge in [-0.05, 0) is 32.9 Å². The highest BCUT2D eigenvalue weighted by Crippen LogP contribution is 2.14. The number of carbonyl (C=O) groups is 1. The summed E-state index contributed by atoms with van der Waals surface area (Å²) in [6.45, 7) is 5.59. The Kier molecular flexibility index (Phi) is 4.94. The fourth-order valence-corrected chi connectivity index (χ4v) is 1.24. The molecule has 1 aromatic rings. The first-order valence-corrected chi connectivity index (χ1v) is 5.66. The highest BCUT2D eigenvalue weighted by molar-refractivity contribution is 5.89. The zero-order chi connectivity index (χ0) is 14.6. The molecule has 0 N–H and O–H groups in total. The van der Waals surface area contributed by atoms with Gasteiger partial charge in [-0.25, -0.2) is 18.0 Å². The topological polar surface area (TPSA) is 35.5 Å². The molecule has 0 amide bonds. The standard InChI is InChI=1S/C13H15F3O3/c1-13(2,3)19-5-4-18-12(17)8-6-9(14)11(16)10(15)7-8/h6-7H,4-5H2,1-3H3. The van der Waals surface area contributed by atoms with Crippen LogP contribution in [0.2, 0.25) is 0 Å². The lowest BCUT2D eigenvalue weighted by Gasteiger charge is -2.19. The van der Waals surface area contributed by atoms with Crippen molar-refractivity contribution in [2.75, 3.05) is 13.2 Å². The Morgan fingerprint density at radius 1 is 1.11 bits per heavy atom. The van der Waals surface area contributed by atoms with Crippen LogP contribution < -0.4 is 0 Å². The third-order valence-corrected chi connectivity index (χ3v) is 2.07. The molecule has 0 aliphatic rings. The second-order valence-electron chi connectivity index (χ2n) is 4.85. The first kappa shape index (κ1) is 15.5. The summed E-state index contributed by atoms with van der Waals surface area (Å²) in [6, 6.07) is 1.18. The number of carbonyl (C=O) groups excluding carboxylic acids is 1. The van der Waals surface area contributed by atoms with E-state index in [2.05, 4.69) is 0 Å². The molecule has 0 saturated carbocycles. The number of rotatable bonds is 4. The van der Waals surface area contributed by atoms with Gasteiger partial charge in [0, 0.05) is 0 Å². The van der Waals surface area contributed by atoms with Gasteiger partial charge < -0.3 is 9.47 Å². The fourth-order valence-electron chi connectivity index (χ4n) is 1.24. The van der Waals surface area contributed by atoms with Gasteiger partial charge in [-0.3, -0.25) is 0 Å². The first-order valence-electron chi connectivity index (χ1n) is 5.66. The fraction of sp³-hybridized carbons (Fsp3) is 0.462. The molecule has 1 rings (SSSR count). The van der Waals surface area contributed by atoms with E-state index in [4.69, 9.17) is 9.47 Å². The summed E-state index contributed by atoms with van der Waals surface area (Å²) in [5, 5.41) is 0. The van der Waals surface area contributed by atoms with Gasteiger partial charge in [0.15, 0.2) is 17.5 Å². The van der Waals surface area contributed by atoms with Crippen LogP contribution in [0.1, 0.15) is 31.1 Å². The third kappa shape index (κ3) is 4.90. The van der Waals surface area contributed by atoms with Crippen LogP contribution in [0.5, 0.6) is 0 Å². The van der Waals surface area contributed by atoms with Crippen LogP contribution in [0.25, 0.3) is 0 Å². The van der Waals surface area contributed by atoms with Gasteiger partial charge in [0.05, 0.1) is 17.8 Å². The van der Waals surface area contributed by atoms with Crippen molar-refractivity contribution < 1.29 is 27.4 Å². The largest absolute Gasteiger partial charge is 0.460 e. The minimum atomic E-state index is -1.62. The van der Waals surface area contributed by atoms with Gasteiger partial charge in [0.25, 0.3) is 0 Å². The molecule has 0 atom stereocenters. The van der Waals surface area contributed by atoms with Gasteiger partial charge in [-0.2, -0.15) is 0 Å². The predicted octanol–water partition coefficient (Wildman–Crippen LogP) is 3.08. The molecular formula is C13H15F3O3. The monoisotopic (exact) mass is 276 g/mol. The molecule has 0 aliphatic carbocycles. The molecule has 0 bridgehead atoms. The van der Waals surface area contributed by atoms with Gasteiger partial charge in [0.2, 0.25) is 0 Å². The van der Waals surface area contributed by atoms with Gasteiger partial charge in [-0.1, -0.05) is 0 Å². The Labute approximate surface area is 109 Å². The Bertz CT molecular complexity index is 444. The zero-order valence-corrected chi connectivity index (χ0v) is 10.9. The van der Waals surface area contributed by atoms with Crippen LogP contribution >= 0.6 is 0 Å². The van der Waals surface area contributed by atoms with Crippen molar-refractivity contribution >= 4 is 5.97 Å². The van der Waals surface area contributed by atoms with Gasteiger partial charge in [-0.15, -0.1) is 0 Å². The Morgan fingerprint density at radius 3 is 2.11 bits per heavy atom. The lowest BCUT2D eigenvalue weighted by Crippen LogP contribution is -2.22. The van der Waals surface area contributed by atoms with Crippen LogP contribution in [0, 0.1) is 17.5 Å². The molecule has 3 nitrogen and oxygen atoms in total. The number of benzene rings is 1. The second-order valence-corrected chi connectivity index (χ2v) is 4.85. The van der Waals surface area contributed by atoms with E-state index in [0.29, 0.717) is 12.1 Å². The molecule has 19 heavy (non-hydrogen) atoms. The smallest absolute Gasteiger partial charge is 0.338 e. The highest BCUT2D eigenvalue weighted by atomic mass is 19.2. The first-order chi connectivity index (χ1) is 8.70. The number of esters is 1. The zero-order valence-electron chi connectivity index (χ0n) is 10.9. The molecule has 0 aliphatic heterocycles. The average molecular weight is 276 g/mol. The van der Waals surface area contributed by atoms with Crippen molar-refractivity contribution in [3.05, 3.63) is 35.1 Å². The molecule has 0 fully saturated rings. The van der Waals surface area contributed by atoms with E-state index >= 15 is 0 Å². The van der Waals surface area contributed by atoms with E-state index in [-0.39, 0.29) is 24.4 Å². The molecular weight excluding hydrogens is 261 g/mol. The summed E-state index contributed by atoms with van der Waals surface area (Å²) in [7, 11) is 0. The lowest BCUT2D eigenvalue weighted by atomic mass is 10.2. The van der Waals surface area contributed by atoms with Crippen molar-refractivity contribution in [3.63, 3.8) is 0 Å². The second kappa shape index (κ2) is 6.06. The van der Waals surface area contributed by atoms with Crippen molar-refractivity contribution in [3.8, 4) is 0 Å². The van der Waals surface area contributed by atoms with E-state index < -0.39 is 23.4 Å². The molecule has 0 unspecified atom stereocenters. The van der Waals surface area contributed by atoms with Crippen molar-refractivity contribution in [1.82, 2.24) is 0 Å². The summed E-state index contributed by atoms with van der Waals surface area (Å²) in [4.78, 5) is 11.5. The Hall–Kier alpha value is -1.56. The average Bonchev–Trinajstić information content (AvgIpc) is 2.29. The molecule has 0 aromatic heterocycles. The maximum atomic E-state index is 12.9. The van der Waals surface area contributed by atoms with Crippen molar-refractivity contribution in [2.24, 2.45) is 0 Å². The van der Waals surface area contributed by atoms with Crippen LogP contribution in [0.4, 0.5) is 13.2 Å². The van der Waals surface area contributed by atoms with Crippen molar-refractivity contribution in [1.29, 1.82) is 0 Å². The molecule has 0 heterocycles. The van der Waals surface area contributed by atoms with Gasteiger partial charge >= 0.3 is 5.97 Å². The minimum absolute atomic E-state index is 0.0588. The van der Waals surface area contributed by atoms with E-state index in [1.54, 1.807) is 0 Å². The summed E-state index contributed by atoms with van der Waals surface area (Å²) in [5.74, 6) is -5.42. The molecule has 0 radical (unpaired) electrons. The van der Waals surface area contributed by atoms with Gasteiger partial charge in [0.1, 0.15) is 6.61 Å². The van der Waals surface area contributed by atoms with E-state index in [9.17, 15) is 18.0 Å². The summed E-state index contributed by atoms with van der Waals surface area (Å²) in [6.07, 6.45) is 0. The number of ether oxygens (including phenoxy) is 2. The number of hydrogen-bond donors (Lipinski definition) is 0. The molecule has 6 heteroatoms. The predicted molar refractivity (Wildman–Crippen MR) is 62.3 cm³/mol. The van der Waals surface area contributed by atoms with E-state index in [1.807, 2.05) is 20.8 Å². The molecule has 1 aromatic carbocycles. The highest BCUT2D eigenvalue weighted by Gasteiger charge is 2.16. The molecule has 106 valence electrons. The molecule has 0 spiro atoms. The van der Waals surface area contributed by atoms with Crippen LogP contribution in [-0.4, -0.2) is 24.8 Å². The van der Waals surface area contributed by atoms with Crippen LogP contribution in [0.3, 0.4) is 0 Å². The third-order valence-electron chi connectivity index (χ3n) is 2.07. The van der Waals surface area contributed by atoms with Crippen LogP contribution in [0.15, 0.2) is 12.1 Å². The number of hydrogen-bond acceptors (Lipinski definition) is 3. The minimum Gasteiger partial charge on any atom is -0.460 e. The van der Waals surface area contributed by atoms with E-state index in [0.717, 1.165) is 0 Å². The quantitative estimate of drug-likeness (QED) is 0.481. The normalized spacial score (nSPS) is 11.5. The Morgan fingerprint density at radius 2 is 1.63 bits per heavy atom.